The number of thioether (sulfide) groups is 1. The molecule has 0 spiro atoms. The first-order valence-corrected chi connectivity index (χ1v) is 6.24. The lowest BCUT2D eigenvalue weighted by molar-refractivity contribution is 0.802. The lowest BCUT2D eigenvalue weighted by Crippen LogP contribution is -2.13. The highest BCUT2D eigenvalue weighted by atomic mass is 32.2. The number of aromatic nitrogens is 1. The van der Waals surface area contributed by atoms with Gasteiger partial charge in [-0.15, -0.1) is 0 Å². The summed E-state index contributed by atoms with van der Waals surface area (Å²) in [4.78, 5) is 4.14. The average Bonchev–Trinajstić information content (AvgIpc) is 2.24. The molecule has 16 heavy (non-hydrogen) atoms. The highest BCUT2D eigenvalue weighted by Gasteiger charge is 2.09. The van der Waals surface area contributed by atoms with Crippen molar-refractivity contribution in [3.05, 3.63) is 23.9 Å². The zero-order valence-electron chi connectivity index (χ0n) is 9.95. The molecule has 0 atom stereocenters. The summed E-state index contributed by atoms with van der Waals surface area (Å²) >= 11 is 1.92. The van der Waals surface area contributed by atoms with Crippen molar-refractivity contribution in [3.63, 3.8) is 0 Å². The lowest BCUT2D eigenvalue weighted by atomic mass is 10.3. The van der Waals surface area contributed by atoms with Gasteiger partial charge in [0.1, 0.15) is 11.9 Å². The van der Waals surface area contributed by atoms with Crippen LogP contribution in [0.5, 0.6) is 0 Å². The first-order valence-electron chi connectivity index (χ1n) is 5.25. The number of rotatable bonds is 4. The monoisotopic (exact) mass is 235 g/mol. The van der Waals surface area contributed by atoms with E-state index in [9.17, 15) is 0 Å². The molecule has 4 heteroatoms. The van der Waals surface area contributed by atoms with Crippen molar-refractivity contribution in [1.82, 2.24) is 4.98 Å². The SMILES string of the molecule is CC(C)(C)SCCNc1ccc(C#N)cn1. The predicted octanol–water partition coefficient (Wildman–Crippen LogP) is 2.90. The Labute approximate surface area is 101 Å². The number of nitrogens with one attached hydrogen (secondary N) is 1. The molecule has 0 unspecified atom stereocenters. The van der Waals surface area contributed by atoms with E-state index in [1.165, 1.54) is 0 Å². The van der Waals surface area contributed by atoms with Gasteiger partial charge in [0.2, 0.25) is 0 Å². The summed E-state index contributed by atoms with van der Waals surface area (Å²) in [5, 5.41) is 11.8. The quantitative estimate of drug-likeness (QED) is 0.815. The number of nitriles is 1. The molecule has 0 bridgehead atoms. The van der Waals surface area contributed by atoms with Gasteiger partial charge in [0.25, 0.3) is 0 Å². The Bertz CT molecular complexity index is 359. The maximum Gasteiger partial charge on any atom is 0.125 e. The van der Waals surface area contributed by atoms with Crippen molar-refractivity contribution < 1.29 is 0 Å². The van der Waals surface area contributed by atoms with E-state index >= 15 is 0 Å². The van der Waals surface area contributed by atoms with Crippen LogP contribution in [-0.2, 0) is 0 Å². The Morgan fingerprint density at radius 2 is 2.19 bits per heavy atom. The van der Waals surface area contributed by atoms with Crippen LogP contribution in [0, 0.1) is 11.3 Å². The van der Waals surface area contributed by atoms with E-state index in [1.807, 2.05) is 23.9 Å². The van der Waals surface area contributed by atoms with Gasteiger partial charge >= 0.3 is 0 Å². The fourth-order valence-corrected chi connectivity index (χ4v) is 1.92. The fraction of sp³-hybridized carbons (Fsp3) is 0.500. The van der Waals surface area contributed by atoms with Gasteiger partial charge in [0.05, 0.1) is 5.56 Å². The first kappa shape index (κ1) is 12.9. The second-order valence-corrected chi connectivity index (χ2v) is 6.35. The molecular weight excluding hydrogens is 218 g/mol. The fourth-order valence-electron chi connectivity index (χ4n) is 1.10. The van der Waals surface area contributed by atoms with E-state index in [0.717, 1.165) is 18.1 Å². The standard InChI is InChI=1S/C12H17N3S/c1-12(2,3)16-7-6-14-11-5-4-10(8-13)9-15-11/h4-5,9H,6-7H2,1-3H3,(H,14,15). The normalized spacial score (nSPS) is 10.9. The summed E-state index contributed by atoms with van der Waals surface area (Å²) in [6, 6.07) is 5.65. The molecular formula is C12H17N3S. The largest absolute Gasteiger partial charge is 0.369 e. The Morgan fingerprint density at radius 3 is 2.69 bits per heavy atom. The van der Waals surface area contributed by atoms with Crippen LogP contribution in [0.15, 0.2) is 18.3 Å². The molecule has 1 aromatic heterocycles. The molecule has 0 aromatic carbocycles. The third kappa shape index (κ3) is 5.04. The highest BCUT2D eigenvalue weighted by Crippen LogP contribution is 2.22. The minimum Gasteiger partial charge on any atom is -0.369 e. The van der Waals surface area contributed by atoms with Gasteiger partial charge in [0.15, 0.2) is 0 Å². The van der Waals surface area contributed by atoms with Gasteiger partial charge in [-0.1, -0.05) is 20.8 Å². The van der Waals surface area contributed by atoms with E-state index in [1.54, 1.807) is 12.3 Å². The van der Waals surface area contributed by atoms with Gasteiger partial charge < -0.3 is 5.32 Å². The molecule has 0 aliphatic carbocycles. The third-order valence-electron chi connectivity index (χ3n) is 1.84. The molecule has 1 rings (SSSR count). The number of nitrogens with zero attached hydrogens (tertiary/aromatic N) is 2. The number of anilines is 1. The van der Waals surface area contributed by atoms with Crippen molar-refractivity contribution in [2.45, 2.75) is 25.5 Å². The van der Waals surface area contributed by atoms with Gasteiger partial charge in [-0.05, 0) is 12.1 Å². The van der Waals surface area contributed by atoms with Crippen molar-refractivity contribution in [2.24, 2.45) is 0 Å². The first-order chi connectivity index (χ1) is 7.51. The summed E-state index contributed by atoms with van der Waals surface area (Å²) in [7, 11) is 0. The summed E-state index contributed by atoms with van der Waals surface area (Å²) in [6.45, 7) is 7.51. The maximum absolute atomic E-state index is 8.62. The molecule has 1 aromatic rings. The van der Waals surface area contributed by atoms with Gasteiger partial charge in [0, 0.05) is 23.2 Å². The number of pyridine rings is 1. The molecule has 3 nitrogen and oxygen atoms in total. The lowest BCUT2D eigenvalue weighted by Gasteiger charge is -2.17. The molecule has 0 saturated heterocycles. The van der Waals surface area contributed by atoms with E-state index in [0.29, 0.717) is 10.3 Å². The van der Waals surface area contributed by atoms with Crippen LogP contribution >= 0.6 is 11.8 Å². The van der Waals surface area contributed by atoms with E-state index in [2.05, 4.69) is 31.1 Å². The van der Waals surface area contributed by atoms with Crippen molar-refractivity contribution in [2.75, 3.05) is 17.6 Å². The van der Waals surface area contributed by atoms with E-state index in [-0.39, 0.29) is 0 Å². The molecule has 86 valence electrons. The van der Waals surface area contributed by atoms with Crippen molar-refractivity contribution >= 4 is 17.6 Å². The third-order valence-corrected chi connectivity index (χ3v) is 3.11. The number of hydrogen-bond donors (Lipinski definition) is 1. The van der Waals surface area contributed by atoms with Crippen LogP contribution in [-0.4, -0.2) is 22.0 Å². The van der Waals surface area contributed by atoms with Crippen LogP contribution in [0.2, 0.25) is 0 Å². The van der Waals surface area contributed by atoms with Crippen LogP contribution in [0.1, 0.15) is 26.3 Å². The summed E-state index contributed by atoms with van der Waals surface area (Å²) in [6.07, 6.45) is 1.58. The number of hydrogen-bond acceptors (Lipinski definition) is 4. The smallest absolute Gasteiger partial charge is 0.125 e. The highest BCUT2D eigenvalue weighted by molar-refractivity contribution is 8.00. The topological polar surface area (TPSA) is 48.7 Å². The molecule has 0 radical (unpaired) electrons. The molecule has 0 aliphatic heterocycles. The average molecular weight is 235 g/mol. The van der Waals surface area contributed by atoms with Crippen LogP contribution < -0.4 is 5.32 Å². The molecule has 0 fully saturated rings. The molecule has 0 amide bonds. The van der Waals surface area contributed by atoms with Gasteiger partial charge in [-0.2, -0.15) is 17.0 Å². The minimum atomic E-state index is 0.305. The summed E-state index contributed by atoms with van der Waals surface area (Å²) < 4.78 is 0.305. The van der Waals surface area contributed by atoms with E-state index in [4.69, 9.17) is 5.26 Å². The predicted molar refractivity (Wildman–Crippen MR) is 69.7 cm³/mol. The van der Waals surface area contributed by atoms with Crippen molar-refractivity contribution in [1.29, 1.82) is 5.26 Å². The van der Waals surface area contributed by atoms with Crippen LogP contribution in [0.4, 0.5) is 5.82 Å². The Kier molecular flexibility index (Phi) is 4.63. The van der Waals surface area contributed by atoms with Gasteiger partial charge in [-0.3, -0.25) is 0 Å². The van der Waals surface area contributed by atoms with Gasteiger partial charge in [-0.25, -0.2) is 4.98 Å². The Hall–Kier alpha value is -1.21. The summed E-state index contributed by atoms with van der Waals surface area (Å²) in [5.41, 5.74) is 0.592. The minimum absolute atomic E-state index is 0.305. The second-order valence-electron chi connectivity index (χ2n) is 4.43. The molecule has 1 heterocycles. The zero-order chi connectivity index (χ0) is 12.0. The Morgan fingerprint density at radius 1 is 1.44 bits per heavy atom. The molecule has 0 aliphatic rings. The van der Waals surface area contributed by atoms with Crippen molar-refractivity contribution in [3.8, 4) is 6.07 Å². The molecule has 0 saturated carbocycles. The van der Waals surface area contributed by atoms with E-state index < -0.39 is 0 Å². The second kappa shape index (κ2) is 5.76. The Balaban J connectivity index is 2.30. The molecule has 1 N–H and O–H groups in total. The van der Waals surface area contributed by atoms with Crippen LogP contribution in [0.25, 0.3) is 0 Å². The summed E-state index contributed by atoms with van der Waals surface area (Å²) in [5.74, 6) is 1.87. The zero-order valence-corrected chi connectivity index (χ0v) is 10.8. The maximum atomic E-state index is 8.62. The van der Waals surface area contributed by atoms with Crippen LogP contribution in [0.3, 0.4) is 0 Å².